The summed E-state index contributed by atoms with van der Waals surface area (Å²) in [6, 6.07) is 7.39. The van der Waals surface area contributed by atoms with Gasteiger partial charge in [-0.3, -0.25) is 0 Å². The number of nitrogens with two attached hydrogens (primary N) is 2. The second kappa shape index (κ2) is 4.33. The zero-order chi connectivity index (χ0) is 10.6. The lowest BCUT2D eigenvalue weighted by molar-refractivity contribution is 0.102. The van der Waals surface area contributed by atoms with Crippen LogP contribution in [0.5, 0.6) is 5.75 Å². The van der Waals surface area contributed by atoms with Crippen LogP contribution in [-0.2, 0) is 0 Å². The quantitative estimate of drug-likeness (QED) is 0.718. The van der Waals surface area contributed by atoms with Gasteiger partial charge in [-0.1, -0.05) is 0 Å². The highest BCUT2D eigenvalue weighted by Gasteiger charge is 2.18. The van der Waals surface area contributed by atoms with Crippen LogP contribution in [0.15, 0.2) is 24.3 Å². The summed E-state index contributed by atoms with van der Waals surface area (Å²) in [4.78, 5) is 0. The number of anilines is 1. The minimum Gasteiger partial charge on any atom is -0.488 e. The van der Waals surface area contributed by atoms with Crippen molar-refractivity contribution in [1.82, 2.24) is 0 Å². The maximum absolute atomic E-state index is 5.76. The van der Waals surface area contributed by atoms with Crippen molar-refractivity contribution in [2.24, 2.45) is 5.73 Å². The second-order valence-corrected chi connectivity index (χ2v) is 3.97. The largest absolute Gasteiger partial charge is 0.488 e. The first-order chi connectivity index (χ1) is 6.53. The Kier molecular flexibility index (Phi) is 3.36. The van der Waals surface area contributed by atoms with E-state index in [-0.39, 0.29) is 5.60 Å². The van der Waals surface area contributed by atoms with Gasteiger partial charge in [-0.25, -0.2) is 0 Å². The molecule has 0 aliphatic heterocycles. The molecule has 0 unspecified atom stereocenters. The fourth-order valence-electron chi connectivity index (χ4n) is 1.25. The SMILES string of the molecule is CC(C)(CCN)Oc1ccc(N)cc1. The summed E-state index contributed by atoms with van der Waals surface area (Å²) >= 11 is 0. The molecule has 0 aliphatic carbocycles. The molecule has 14 heavy (non-hydrogen) atoms. The Hall–Kier alpha value is -1.22. The molecular formula is C11H18N2O. The minimum absolute atomic E-state index is 0.217. The molecule has 78 valence electrons. The fourth-order valence-corrected chi connectivity index (χ4v) is 1.25. The molecule has 0 spiro atoms. The number of nitrogen functional groups attached to an aromatic ring is 1. The van der Waals surface area contributed by atoms with Crippen molar-refractivity contribution in [3.8, 4) is 5.75 Å². The summed E-state index contributed by atoms with van der Waals surface area (Å²) in [6.07, 6.45) is 0.831. The maximum atomic E-state index is 5.76. The second-order valence-electron chi connectivity index (χ2n) is 3.97. The molecule has 0 heterocycles. The Morgan fingerprint density at radius 3 is 2.29 bits per heavy atom. The Morgan fingerprint density at radius 2 is 1.79 bits per heavy atom. The maximum Gasteiger partial charge on any atom is 0.120 e. The molecule has 0 amide bonds. The van der Waals surface area contributed by atoms with E-state index in [0.717, 1.165) is 17.9 Å². The molecular weight excluding hydrogens is 176 g/mol. The van der Waals surface area contributed by atoms with E-state index in [1.807, 2.05) is 38.1 Å². The monoisotopic (exact) mass is 194 g/mol. The third-order valence-corrected chi connectivity index (χ3v) is 2.02. The molecule has 0 aromatic heterocycles. The third-order valence-electron chi connectivity index (χ3n) is 2.02. The average Bonchev–Trinajstić information content (AvgIpc) is 2.08. The van der Waals surface area contributed by atoms with Gasteiger partial charge in [0.2, 0.25) is 0 Å². The van der Waals surface area contributed by atoms with E-state index < -0.39 is 0 Å². The van der Waals surface area contributed by atoms with Crippen molar-refractivity contribution >= 4 is 5.69 Å². The first kappa shape index (κ1) is 10.9. The highest BCUT2D eigenvalue weighted by Crippen LogP contribution is 2.21. The van der Waals surface area contributed by atoms with Crippen molar-refractivity contribution in [1.29, 1.82) is 0 Å². The Morgan fingerprint density at radius 1 is 1.21 bits per heavy atom. The van der Waals surface area contributed by atoms with E-state index in [2.05, 4.69) is 0 Å². The number of ether oxygens (including phenoxy) is 1. The number of hydrogen-bond acceptors (Lipinski definition) is 3. The van der Waals surface area contributed by atoms with Gasteiger partial charge in [0.05, 0.1) is 0 Å². The predicted molar refractivity (Wildman–Crippen MR) is 59.2 cm³/mol. The molecule has 1 aromatic rings. The van der Waals surface area contributed by atoms with Crippen LogP contribution in [0.4, 0.5) is 5.69 Å². The predicted octanol–water partition coefficient (Wildman–Crippen LogP) is 1.78. The highest BCUT2D eigenvalue weighted by atomic mass is 16.5. The van der Waals surface area contributed by atoms with Crippen LogP contribution in [0.25, 0.3) is 0 Å². The van der Waals surface area contributed by atoms with Crippen molar-refractivity contribution in [3.63, 3.8) is 0 Å². The number of benzene rings is 1. The fraction of sp³-hybridized carbons (Fsp3) is 0.455. The molecule has 0 saturated carbocycles. The van der Waals surface area contributed by atoms with Gasteiger partial charge in [-0.15, -0.1) is 0 Å². The Bertz CT molecular complexity index is 280. The van der Waals surface area contributed by atoms with Gasteiger partial charge in [0.15, 0.2) is 0 Å². The molecule has 3 heteroatoms. The van der Waals surface area contributed by atoms with Gasteiger partial charge in [0, 0.05) is 5.69 Å². The lowest BCUT2D eigenvalue weighted by Gasteiger charge is -2.25. The standard InChI is InChI=1S/C11H18N2O/c1-11(2,7-8-12)14-10-5-3-9(13)4-6-10/h3-6H,7-8,12-13H2,1-2H3. The average molecular weight is 194 g/mol. The van der Waals surface area contributed by atoms with E-state index in [1.165, 1.54) is 0 Å². The van der Waals surface area contributed by atoms with Crippen LogP contribution in [0.1, 0.15) is 20.3 Å². The zero-order valence-electron chi connectivity index (χ0n) is 8.79. The van der Waals surface area contributed by atoms with Gasteiger partial charge < -0.3 is 16.2 Å². The smallest absolute Gasteiger partial charge is 0.120 e. The Balaban J connectivity index is 2.64. The lowest BCUT2D eigenvalue weighted by Crippen LogP contribution is -2.31. The zero-order valence-corrected chi connectivity index (χ0v) is 8.79. The van der Waals surface area contributed by atoms with Crippen LogP contribution >= 0.6 is 0 Å². The molecule has 0 aliphatic rings. The van der Waals surface area contributed by atoms with Gasteiger partial charge in [-0.05, 0) is 51.1 Å². The van der Waals surface area contributed by atoms with Crippen molar-refractivity contribution in [2.75, 3.05) is 12.3 Å². The summed E-state index contributed by atoms with van der Waals surface area (Å²) in [6.45, 7) is 4.68. The molecule has 0 saturated heterocycles. The van der Waals surface area contributed by atoms with Crippen LogP contribution in [0.2, 0.25) is 0 Å². The molecule has 1 aromatic carbocycles. The van der Waals surface area contributed by atoms with E-state index in [4.69, 9.17) is 16.2 Å². The lowest BCUT2D eigenvalue weighted by atomic mass is 10.1. The molecule has 0 fully saturated rings. The van der Waals surface area contributed by atoms with E-state index in [0.29, 0.717) is 6.54 Å². The summed E-state index contributed by atoms with van der Waals surface area (Å²) in [5.74, 6) is 0.831. The van der Waals surface area contributed by atoms with Gasteiger partial charge in [-0.2, -0.15) is 0 Å². The van der Waals surface area contributed by atoms with Crippen LogP contribution in [0.3, 0.4) is 0 Å². The summed E-state index contributed by atoms with van der Waals surface area (Å²) in [5.41, 5.74) is 11.6. The molecule has 4 N–H and O–H groups in total. The normalized spacial score (nSPS) is 11.4. The van der Waals surface area contributed by atoms with Crippen molar-refractivity contribution in [2.45, 2.75) is 25.9 Å². The van der Waals surface area contributed by atoms with E-state index >= 15 is 0 Å². The van der Waals surface area contributed by atoms with E-state index in [9.17, 15) is 0 Å². The summed E-state index contributed by atoms with van der Waals surface area (Å²) in [5, 5.41) is 0. The molecule has 0 atom stereocenters. The van der Waals surface area contributed by atoms with Crippen LogP contribution in [-0.4, -0.2) is 12.1 Å². The number of rotatable bonds is 4. The van der Waals surface area contributed by atoms with Crippen molar-refractivity contribution in [3.05, 3.63) is 24.3 Å². The van der Waals surface area contributed by atoms with E-state index in [1.54, 1.807) is 0 Å². The first-order valence-electron chi connectivity index (χ1n) is 4.78. The van der Waals surface area contributed by atoms with Gasteiger partial charge >= 0.3 is 0 Å². The molecule has 3 nitrogen and oxygen atoms in total. The van der Waals surface area contributed by atoms with Crippen LogP contribution in [0, 0.1) is 0 Å². The molecule has 0 radical (unpaired) electrons. The first-order valence-corrected chi connectivity index (χ1v) is 4.78. The van der Waals surface area contributed by atoms with Gasteiger partial charge in [0.1, 0.15) is 11.4 Å². The summed E-state index contributed by atoms with van der Waals surface area (Å²) < 4.78 is 5.76. The van der Waals surface area contributed by atoms with Gasteiger partial charge in [0.25, 0.3) is 0 Å². The van der Waals surface area contributed by atoms with Crippen LogP contribution < -0.4 is 16.2 Å². The number of hydrogen-bond donors (Lipinski definition) is 2. The topological polar surface area (TPSA) is 61.3 Å². The summed E-state index contributed by atoms with van der Waals surface area (Å²) in [7, 11) is 0. The molecule has 0 bridgehead atoms. The molecule has 1 rings (SSSR count). The van der Waals surface area contributed by atoms with Crippen molar-refractivity contribution < 1.29 is 4.74 Å². The minimum atomic E-state index is -0.217. The Labute approximate surface area is 85.0 Å². The third kappa shape index (κ3) is 3.26. The highest BCUT2D eigenvalue weighted by molar-refractivity contribution is 5.41.